The molecule has 1 aromatic heterocycles. The summed E-state index contributed by atoms with van der Waals surface area (Å²) < 4.78 is 7.80. The molecule has 3 atom stereocenters. The van der Waals surface area contributed by atoms with Gasteiger partial charge < -0.3 is 15.0 Å². The molecule has 0 aromatic carbocycles. The van der Waals surface area contributed by atoms with Gasteiger partial charge in [0.25, 0.3) is 0 Å². The molecular weight excluding hydrogens is 216 g/mol. The molecule has 0 amide bonds. The molecule has 17 heavy (non-hydrogen) atoms. The summed E-state index contributed by atoms with van der Waals surface area (Å²) in [6.07, 6.45) is 4.26. The zero-order valence-electron chi connectivity index (χ0n) is 10.8. The number of aromatic nitrogens is 2. The molecule has 0 bridgehead atoms. The summed E-state index contributed by atoms with van der Waals surface area (Å²) >= 11 is 0. The first-order chi connectivity index (χ1) is 8.11. The van der Waals surface area contributed by atoms with Crippen molar-refractivity contribution in [1.29, 1.82) is 0 Å². The SMILES string of the molecule is C[C@@H]1CN(C(CN)c2cncn2C)C[C@H](C)O1. The molecule has 1 aliphatic heterocycles. The predicted octanol–water partition coefficient (Wildman–Crippen LogP) is 0.529. The molecule has 2 N–H and O–H groups in total. The fourth-order valence-corrected chi connectivity index (χ4v) is 2.62. The largest absolute Gasteiger partial charge is 0.373 e. The highest BCUT2D eigenvalue weighted by molar-refractivity contribution is 5.06. The van der Waals surface area contributed by atoms with Crippen molar-refractivity contribution in [1.82, 2.24) is 14.5 Å². The van der Waals surface area contributed by atoms with Gasteiger partial charge in [-0.2, -0.15) is 0 Å². The molecule has 1 aliphatic rings. The molecule has 96 valence electrons. The van der Waals surface area contributed by atoms with E-state index in [0.29, 0.717) is 6.54 Å². The van der Waals surface area contributed by atoms with Gasteiger partial charge in [0.2, 0.25) is 0 Å². The number of morpholine rings is 1. The lowest BCUT2D eigenvalue weighted by atomic mass is 10.1. The Kier molecular flexibility index (Phi) is 3.81. The van der Waals surface area contributed by atoms with Crippen molar-refractivity contribution >= 4 is 0 Å². The molecule has 0 saturated carbocycles. The van der Waals surface area contributed by atoms with Gasteiger partial charge >= 0.3 is 0 Å². The zero-order chi connectivity index (χ0) is 12.4. The van der Waals surface area contributed by atoms with Crippen LogP contribution in [-0.2, 0) is 11.8 Å². The number of hydrogen-bond donors (Lipinski definition) is 1. The van der Waals surface area contributed by atoms with Gasteiger partial charge in [-0.25, -0.2) is 4.98 Å². The summed E-state index contributed by atoms with van der Waals surface area (Å²) in [4.78, 5) is 6.57. The molecular formula is C12H22N4O. The average molecular weight is 238 g/mol. The summed E-state index contributed by atoms with van der Waals surface area (Å²) in [5.41, 5.74) is 7.11. The van der Waals surface area contributed by atoms with Crippen molar-refractivity contribution in [2.45, 2.75) is 32.1 Å². The van der Waals surface area contributed by atoms with E-state index in [-0.39, 0.29) is 18.2 Å². The Morgan fingerprint density at radius 1 is 1.47 bits per heavy atom. The summed E-state index contributed by atoms with van der Waals surface area (Å²) in [6.45, 7) is 6.69. The van der Waals surface area contributed by atoms with Crippen molar-refractivity contribution in [3.8, 4) is 0 Å². The van der Waals surface area contributed by atoms with Gasteiger partial charge in [0.1, 0.15) is 0 Å². The second-order valence-electron chi connectivity index (χ2n) is 4.89. The predicted molar refractivity (Wildman–Crippen MR) is 66.6 cm³/mol. The highest BCUT2D eigenvalue weighted by Gasteiger charge is 2.29. The van der Waals surface area contributed by atoms with E-state index in [1.807, 2.05) is 24.1 Å². The molecule has 5 nitrogen and oxygen atoms in total. The van der Waals surface area contributed by atoms with Crippen LogP contribution in [0.25, 0.3) is 0 Å². The first-order valence-electron chi connectivity index (χ1n) is 6.17. The van der Waals surface area contributed by atoms with Gasteiger partial charge in [0.15, 0.2) is 0 Å². The van der Waals surface area contributed by atoms with Crippen molar-refractivity contribution in [3.63, 3.8) is 0 Å². The Balaban J connectivity index is 2.15. The quantitative estimate of drug-likeness (QED) is 0.834. The van der Waals surface area contributed by atoms with Crippen LogP contribution in [0.1, 0.15) is 25.6 Å². The molecule has 5 heteroatoms. The molecule has 0 radical (unpaired) electrons. The van der Waals surface area contributed by atoms with E-state index in [9.17, 15) is 0 Å². The van der Waals surface area contributed by atoms with Crippen molar-refractivity contribution in [2.24, 2.45) is 12.8 Å². The maximum absolute atomic E-state index is 5.93. The molecule has 1 fully saturated rings. The van der Waals surface area contributed by atoms with Crippen LogP contribution in [0.3, 0.4) is 0 Å². The third kappa shape index (κ3) is 2.68. The first-order valence-corrected chi connectivity index (χ1v) is 6.17. The zero-order valence-corrected chi connectivity index (χ0v) is 10.8. The Bertz CT molecular complexity index is 355. The average Bonchev–Trinajstić information content (AvgIpc) is 2.65. The fraction of sp³-hybridized carbons (Fsp3) is 0.750. The Hall–Kier alpha value is -0.910. The maximum Gasteiger partial charge on any atom is 0.0946 e. The summed E-state index contributed by atoms with van der Waals surface area (Å²) in [5.74, 6) is 0. The topological polar surface area (TPSA) is 56.3 Å². The van der Waals surface area contributed by atoms with Gasteiger partial charge in [0.05, 0.1) is 30.3 Å². The number of rotatable bonds is 3. The minimum absolute atomic E-state index is 0.233. The lowest BCUT2D eigenvalue weighted by Crippen LogP contribution is -2.48. The van der Waals surface area contributed by atoms with Crippen LogP contribution in [0.2, 0.25) is 0 Å². The standard InChI is InChI=1S/C12H22N4O/c1-9-6-16(7-10(2)17-9)11(4-13)12-5-14-8-15(12)3/h5,8-11H,4,6-7,13H2,1-3H3/t9-,10+,11?. The monoisotopic (exact) mass is 238 g/mol. The lowest BCUT2D eigenvalue weighted by Gasteiger charge is -2.39. The van der Waals surface area contributed by atoms with E-state index >= 15 is 0 Å². The molecule has 1 unspecified atom stereocenters. The van der Waals surface area contributed by atoms with E-state index in [4.69, 9.17) is 10.5 Å². The van der Waals surface area contributed by atoms with Crippen LogP contribution >= 0.6 is 0 Å². The van der Waals surface area contributed by atoms with Crippen LogP contribution in [0.5, 0.6) is 0 Å². The number of nitrogens with zero attached hydrogens (tertiary/aromatic N) is 3. The molecule has 0 aliphatic carbocycles. The van der Waals surface area contributed by atoms with Crippen LogP contribution in [-0.4, -0.2) is 46.3 Å². The lowest BCUT2D eigenvalue weighted by molar-refractivity contribution is -0.0806. The maximum atomic E-state index is 5.93. The van der Waals surface area contributed by atoms with Crippen molar-refractivity contribution in [2.75, 3.05) is 19.6 Å². The summed E-state index contributed by atoms with van der Waals surface area (Å²) in [5, 5.41) is 0. The normalized spacial score (nSPS) is 28.2. The second kappa shape index (κ2) is 5.16. The van der Waals surface area contributed by atoms with Gasteiger partial charge in [-0.05, 0) is 13.8 Å². The first kappa shape index (κ1) is 12.5. The Labute approximate surface area is 103 Å². The molecule has 1 aromatic rings. The minimum Gasteiger partial charge on any atom is -0.373 e. The smallest absolute Gasteiger partial charge is 0.0946 e. The van der Waals surface area contributed by atoms with E-state index in [1.54, 1.807) is 0 Å². The molecule has 2 heterocycles. The highest BCUT2D eigenvalue weighted by Crippen LogP contribution is 2.23. The van der Waals surface area contributed by atoms with Crippen LogP contribution in [0.4, 0.5) is 0 Å². The number of aryl methyl sites for hydroxylation is 1. The number of hydrogen-bond acceptors (Lipinski definition) is 4. The third-order valence-electron chi connectivity index (χ3n) is 3.31. The van der Waals surface area contributed by atoms with Gasteiger partial charge in [-0.3, -0.25) is 4.90 Å². The van der Waals surface area contributed by atoms with E-state index in [1.165, 1.54) is 5.69 Å². The number of nitrogens with two attached hydrogens (primary N) is 1. The van der Waals surface area contributed by atoms with E-state index in [2.05, 4.69) is 23.7 Å². The number of imidazole rings is 1. The Morgan fingerprint density at radius 2 is 2.12 bits per heavy atom. The minimum atomic E-state index is 0.233. The van der Waals surface area contributed by atoms with Crippen molar-refractivity contribution < 1.29 is 4.74 Å². The fourth-order valence-electron chi connectivity index (χ4n) is 2.62. The van der Waals surface area contributed by atoms with E-state index in [0.717, 1.165) is 13.1 Å². The third-order valence-corrected chi connectivity index (χ3v) is 3.31. The van der Waals surface area contributed by atoms with Crippen LogP contribution in [0.15, 0.2) is 12.5 Å². The second-order valence-corrected chi connectivity index (χ2v) is 4.89. The summed E-state index contributed by atoms with van der Waals surface area (Å²) in [6, 6.07) is 0.233. The van der Waals surface area contributed by atoms with Gasteiger partial charge in [0, 0.05) is 32.9 Å². The van der Waals surface area contributed by atoms with Crippen LogP contribution in [0, 0.1) is 0 Å². The highest BCUT2D eigenvalue weighted by atomic mass is 16.5. The Morgan fingerprint density at radius 3 is 2.59 bits per heavy atom. The van der Waals surface area contributed by atoms with Crippen molar-refractivity contribution in [3.05, 3.63) is 18.2 Å². The molecule has 2 rings (SSSR count). The molecule has 0 spiro atoms. The van der Waals surface area contributed by atoms with Gasteiger partial charge in [-0.15, -0.1) is 0 Å². The van der Waals surface area contributed by atoms with Gasteiger partial charge in [-0.1, -0.05) is 0 Å². The van der Waals surface area contributed by atoms with E-state index < -0.39 is 0 Å². The number of ether oxygens (including phenoxy) is 1. The molecule has 1 saturated heterocycles. The van der Waals surface area contributed by atoms with Crippen LogP contribution < -0.4 is 5.73 Å². The summed E-state index contributed by atoms with van der Waals surface area (Å²) in [7, 11) is 2.01.